The number of hydrogen-bond donors (Lipinski definition) is 3. The summed E-state index contributed by atoms with van der Waals surface area (Å²) in [6, 6.07) is 8.21. The number of aliphatic hydroxyl groups excluding tert-OH is 1. The first-order chi connectivity index (χ1) is 10.3. The highest BCUT2D eigenvalue weighted by Crippen LogP contribution is 2.21. The Morgan fingerprint density at radius 1 is 1.29 bits per heavy atom. The number of aromatic nitrogens is 4. The highest BCUT2D eigenvalue weighted by atomic mass is 16.3. The van der Waals surface area contributed by atoms with Gasteiger partial charge in [0.25, 0.3) is 0 Å². The van der Waals surface area contributed by atoms with E-state index in [-0.39, 0.29) is 6.61 Å². The largest absolute Gasteiger partial charge is 0.396 e. The van der Waals surface area contributed by atoms with E-state index in [4.69, 9.17) is 10.8 Å². The van der Waals surface area contributed by atoms with Gasteiger partial charge in [-0.25, -0.2) is 4.68 Å². The molecule has 0 aliphatic heterocycles. The van der Waals surface area contributed by atoms with Gasteiger partial charge in [0.1, 0.15) is 0 Å². The summed E-state index contributed by atoms with van der Waals surface area (Å²) in [7, 11) is 0. The quantitative estimate of drug-likeness (QED) is 0.634. The molecule has 0 radical (unpaired) electrons. The molecule has 0 spiro atoms. The number of para-hydroxylation sites is 1. The van der Waals surface area contributed by atoms with E-state index in [1.54, 1.807) is 0 Å². The molecule has 110 valence electrons. The number of fused-ring (bicyclic) bond motifs is 1. The Balaban J connectivity index is 1.94. The maximum absolute atomic E-state index is 8.99. The van der Waals surface area contributed by atoms with E-state index in [2.05, 4.69) is 27.4 Å². The molecule has 3 aromatic rings. The molecule has 21 heavy (non-hydrogen) atoms. The summed E-state index contributed by atoms with van der Waals surface area (Å²) in [5.41, 5.74) is 9.93. The van der Waals surface area contributed by atoms with Crippen molar-refractivity contribution in [1.29, 1.82) is 0 Å². The zero-order chi connectivity index (χ0) is 14.7. The lowest BCUT2D eigenvalue weighted by Crippen LogP contribution is -2.09. The number of benzene rings is 1. The van der Waals surface area contributed by atoms with Crippen molar-refractivity contribution in [3.8, 4) is 0 Å². The third-order valence-electron chi connectivity index (χ3n) is 3.67. The first-order valence-electron chi connectivity index (χ1n) is 7.10. The molecular weight excluding hydrogens is 266 g/mol. The molecule has 0 saturated heterocycles. The van der Waals surface area contributed by atoms with Crippen molar-refractivity contribution in [1.82, 2.24) is 20.0 Å². The molecule has 0 aliphatic rings. The fraction of sp³-hybridized carbons (Fsp3) is 0.333. The number of nitrogens with two attached hydrogens (primary N) is 1. The number of aromatic amines is 1. The molecule has 0 atom stereocenters. The molecule has 2 aromatic heterocycles. The number of rotatable bonds is 6. The zero-order valence-electron chi connectivity index (χ0n) is 11.8. The molecule has 0 saturated carbocycles. The summed E-state index contributed by atoms with van der Waals surface area (Å²) in [5.74, 6) is 0. The molecule has 4 N–H and O–H groups in total. The van der Waals surface area contributed by atoms with E-state index in [0.717, 1.165) is 23.3 Å². The van der Waals surface area contributed by atoms with E-state index in [1.807, 2.05) is 23.0 Å². The van der Waals surface area contributed by atoms with Crippen molar-refractivity contribution in [3.63, 3.8) is 0 Å². The van der Waals surface area contributed by atoms with Gasteiger partial charge in [0.05, 0.1) is 11.4 Å². The van der Waals surface area contributed by atoms with Crippen LogP contribution in [0.5, 0.6) is 0 Å². The van der Waals surface area contributed by atoms with E-state index >= 15 is 0 Å². The molecule has 0 bridgehead atoms. The maximum Gasteiger partial charge on any atom is 0.0998 e. The standard InChI is InChI=1S/C15H19N5O/c16-9-14-15(20(19-18-14)6-3-7-21)8-11-10-17-13-5-2-1-4-12(11)13/h1-2,4-5,10,17,21H,3,6-9,16H2. The van der Waals surface area contributed by atoms with Crippen LogP contribution in [0.15, 0.2) is 30.5 Å². The van der Waals surface area contributed by atoms with Gasteiger partial charge in [-0.05, 0) is 18.1 Å². The summed E-state index contributed by atoms with van der Waals surface area (Å²) in [6.45, 7) is 1.17. The fourth-order valence-corrected chi connectivity index (χ4v) is 2.58. The van der Waals surface area contributed by atoms with Crippen molar-refractivity contribution in [2.24, 2.45) is 5.73 Å². The summed E-state index contributed by atoms with van der Waals surface area (Å²) in [5, 5.41) is 18.5. The molecule has 0 unspecified atom stereocenters. The van der Waals surface area contributed by atoms with Crippen LogP contribution in [0.2, 0.25) is 0 Å². The van der Waals surface area contributed by atoms with Gasteiger partial charge in [0.15, 0.2) is 0 Å². The fourth-order valence-electron chi connectivity index (χ4n) is 2.58. The number of aryl methyl sites for hydroxylation is 1. The normalized spacial score (nSPS) is 11.3. The average Bonchev–Trinajstić information content (AvgIpc) is 3.10. The lowest BCUT2D eigenvalue weighted by molar-refractivity contribution is 0.275. The van der Waals surface area contributed by atoms with Crippen LogP contribution >= 0.6 is 0 Å². The highest BCUT2D eigenvalue weighted by molar-refractivity contribution is 5.83. The van der Waals surface area contributed by atoms with E-state index < -0.39 is 0 Å². The highest BCUT2D eigenvalue weighted by Gasteiger charge is 2.14. The Hall–Kier alpha value is -2.18. The van der Waals surface area contributed by atoms with Crippen LogP contribution in [0.4, 0.5) is 0 Å². The minimum Gasteiger partial charge on any atom is -0.396 e. The van der Waals surface area contributed by atoms with Crippen molar-refractivity contribution in [2.45, 2.75) is 25.9 Å². The SMILES string of the molecule is NCc1nnn(CCCO)c1Cc1c[nH]c2ccccc12. The Kier molecular flexibility index (Phi) is 3.98. The van der Waals surface area contributed by atoms with Crippen molar-refractivity contribution in [3.05, 3.63) is 47.4 Å². The van der Waals surface area contributed by atoms with E-state index in [9.17, 15) is 0 Å². The summed E-state index contributed by atoms with van der Waals surface area (Å²) in [4.78, 5) is 3.28. The number of hydrogen-bond acceptors (Lipinski definition) is 4. The molecule has 6 nitrogen and oxygen atoms in total. The molecule has 1 aromatic carbocycles. The van der Waals surface area contributed by atoms with Gasteiger partial charge in [-0.2, -0.15) is 0 Å². The Labute approximate surface area is 122 Å². The van der Waals surface area contributed by atoms with Crippen LogP contribution in [-0.4, -0.2) is 31.7 Å². The Morgan fingerprint density at radius 2 is 2.14 bits per heavy atom. The van der Waals surface area contributed by atoms with Crippen LogP contribution in [0, 0.1) is 0 Å². The second-order valence-electron chi connectivity index (χ2n) is 5.02. The summed E-state index contributed by atoms with van der Waals surface area (Å²) >= 11 is 0. The molecule has 6 heteroatoms. The first-order valence-corrected chi connectivity index (χ1v) is 7.10. The molecular formula is C15H19N5O. The minimum atomic E-state index is 0.143. The molecule has 0 aliphatic carbocycles. The van der Waals surface area contributed by atoms with Gasteiger partial charge in [-0.15, -0.1) is 5.10 Å². The summed E-state index contributed by atoms with van der Waals surface area (Å²) in [6.07, 6.45) is 3.41. The monoisotopic (exact) mass is 285 g/mol. The lowest BCUT2D eigenvalue weighted by Gasteiger charge is -2.06. The average molecular weight is 285 g/mol. The first kappa shape index (κ1) is 13.8. The lowest BCUT2D eigenvalue weighted by atomic mass is 10.1. The number of nitrogens with one attached hydrogen (secondary N) is 1. The Bertz CT molecular complexity index is 731. The van der Waals surface area contributed by atoms with Gasteiger partial charge in [-0.1, -0.05) is 23.4 Å². The second kappa shape index (κ2) is 6.07. The smallest absolute Gasteiger partial charge is 0.0998 e. The number of H-pyrrole nitrogens is 1. The van der Waals surface area contributed by atoms with Gasteiger partial charge in [0, 0.05) is 43.2 Å². The molecule has 2 heterocycles. The van der Waals surface area contributed by atoms with Crippen LogP contribution in [0.1, 0.15) is 23.4 Å². The van der Waals surface area contributed by atoms with Gasteiger partial charge in [0.2, 0.25) is 0 Å². The molecule has 0 fully saturated rings. The molecule has 3 rings (SSSR count). The summed E-state index contributed by atoms with van der Waals surface area (Å²) < 4.78 is 1.85. The Morgan fingerprint density at radius 3 is 2.95 bits per heavy atom. The van der Waals surface area contributed by atoms with Crippen molar-refractivity contribution in [2.75, 3.05) is 6.61 Å². The van der Waals surface area contributed by atoms with Crippen LogP contribution in [0.3, 0.4) is 0 Å². The zero-order valence-corrected chi connectivity index (χ0v) is 11.8. The van der Waals surface area contributed by atoms with Crippen LogP contribution in [-0.2, 0) is 19.5 Å². The van der Waals surface area contributed by atoms with E-state index in [0.29, 0.717) is 19.5 Å². The third-order valence-corrected chi connectivity index (χ3v) is 3.67. The maximum atomic E-state index is 8.99. The van der Waals surface area contributed by atoms with Crippen LogP contribution < -0.4 is 5.73 Å². The van der Waals surface area contributed by atoms with Crippen molar-refractivity contribution < 1.29 is 5.11 Å². The van der Waals surface area contributed by atoms with E-state index in [1.165, 1.54) is 10.9 Å². The third kappa shape index (κ3) is 2.68. The van der Waals surface area contributed by atoms with Gasteiger partial charge < -0.3 is 15.8 Å². The number of nitrogens with zero attached hydrogens (tertiary/aromatic N) is 3. The van der Waals surface area contributed by atoms with Crippen molar-refractivity contribution >= 4 is 10.9 Å². The van der Waals surface area contributed by atoms with Crippen LogP contribution in [0.25, 0.3) is 10.9 Å². The van der Waals surface area contributed by atoms with Gasteiger partial charge in [-0.3, -0.25) is 0 Å². The predicted molar refractivity (Wildman–Crippen MR) is 80.7 cm³/mol. The van der Waals surface area contributed by atoms with Gasteiger partial charge >= 0.3 is 0 Å². The molecule has 0 amide bonds. The second-order valence-corrected chi connectivity index (χ2v) is 5.02. The minimum absolute atomic E-state index is 0.143. The predicted octanol–water partition coefficient (Wildman–Crippen LogP) is 1.19. The topological polar surface area (TPSA) is 92.8 Å². The number of aliphatic hydroxyl groups is 1.